The Morgan fingerprint density at radius 2 is 1.79 bits per heavy atom. The van der Waals surface area contributed by atoms with E-state index in [-0.39, 0.29) is 23.8 Å². The summed E-state index contributed by atoms with van der Waals surface area (Å²) in [6.45, 7) is 2.03. The molecule has 96 valence electrons. The van der Waals surface area contributed by atoms with E-state index in [1.165, 1.54) is 0 Å². The Morgan fingerprint density at radius 3 is 2.42 bits per heavy atom. The normalized spacial score (nSPS) is 11.3. The van der Waals surface area contributed by atoms with Crippen LogP contribution in [0.15, 0.2) is 41.3 Å². The van der Waals surface area contributed by atoms with Crippen molar-refractivity contribution in [3.63, 3.8) is 0 Å². The molecule has 0 aliphatic rings. The average Bonchev–Trinajstić information content (AvgIpc) is 2.34. The van der Waals surface area contributed by atoms with E-state index in [0.717, 1.165) is 18.2 Å². The fraction of sp³-hybridized carbons (Fsp3) is 0.286. The maximum Gasteiger partial charge on any atom is 1.00 e. The predicted octanol–water partition coefficient (Wildman–Crippen LogP) is 0.0905. The Bertz CT molecular complexity index is 665. The SMILES string of the molecule is CCCCc1ccc2ccccc2c1S(=O)(=O)[O-].[Li+]. The largest absolute Gasteiger partial charge is 1.00 e. The molecule has 5 heteroatoms. The smallest absolute Gasteiger partial charge is 0.744 e. The van der Waals surface area contributed by atoms with Crippen molar-refractivity contribution in [2.45, 2.75) is 31.1 Å². The molecule has 19 heavy (non-hydrogen) atoms. The molecule has 0 spiro atoms. The van der Waals surface area contributed by atoms with Crippen LogP contribution in [0.3, 0.4) is 0 Å². The quantitative estimate of drug-likeness (QED) is 0.584. The van der Waals surface area contributed by atoms with Crippen molar-refractivity contribution in [2.24, 2.45) is 0 Å². The summed E-state index contributed by atoms with van der Waals surface area (Å²) in [5.41, 5.74) is 0.630. The molecular formula is C14H15LiO3S. The van der Waals surface area contributed by atoms with Crippen LogP contribution in [-0.2, 0) is 16.5 Å². The van der Waals surface area contributed by atoms with Crippen LogP contribution in [-0.4, -0.2) is 13.0 Å². The average molecular weight is 270 g/mol. The molecule has 0 fully saturated rings. The number of hydrogen-bond acceptors (Lipinski definition) is 3. The summed E-state index contributed by atoms with van der Waals surface area (Å²) >= 11 is 0. The third kappa shape index (κ3) is 3.61. The molecule has 0 N–H and O–H groups in total. The Labute approximate surface area is 125 Å². The molecule has 0 saturated carbocycles. The van der Waals surface area contributed by atoms with Crippen LogP contribution in [0.4, 0.5) is 0 Å². The number of benzene rings is 2. The second-order valence-electron chi connectivity index (χ2n) is 4.33. The first-order valence-electron chi connectivity index (χ1n) is 6.00. The topological polar surface area (TPSA) is 57.2 Å². The van der Waals surface area contributed by atoms with E-state index in [9.17, 15) is 13.0 Å². The maximum absolute atomic E-state index is 11.5. The standard InChI is InChI=1S/C14H16O3S.Li/c1-2-3-6-12-10-9-11-7-4-5-8-13(11)14(12)18(15,16)17;/h4-5,7-10H,2-3,6H2,1H3,(H,15,16,17);/q;+1/p-1. The van der Waals surface area contributed by atoms with Crippen molar-refractivity contribution in [3.8, 4) is 0 Å². The second-order valence-corrected chi connectivity index (χ2v) is 5.65. The van der Waals surface area contributed by atoms with E-state index in [2.05, 4.69) is 0 Å². The fourth-order valence-electron chi connectivity index (χ4n) is 2.15. The monoisotopic (exact) mass is 270 g/mol. The van der Waals surface area contributed by atoms with Crippen LogP contribution in [0.2, 0.25) is 0 Å². The Hall–Kier alpha value is -0.793. The molecule has 0 bridgehead atoms. The number of rotatable bonds is 4. The van der Waals surface area contributed by atoms with Gasteiger partial charge in [-0.3, -0.25) is 0 Å². The van der Waals surface area contributed by atoms with E-state index < -0.39 is 10.1 Å². The van der Waals surface area contributed by atoms with Crippen LogP contribution >= 0.6 is 0 Å². The first-order chi connectivity index (χ1) is 8.54. The van der Waals surface area contributed by atoms with Crippen LogP contribution < -0.4 is 18.9 Å². The van der Waals surface area contributed by atoms with Crippen LogP contribution in [0.25, 0.3) is 10.8 Å². The third-order valence-electron chi connectivity index (χ3n) is 3.01. The van der Waals surface area contributed by atoms with Gasteiger partial charge in [-0.15, -0.1) is 0 Å². The molecule has 2 rings (SSSR count). The zero-order valence-corrected chi connectivity index (χ0v) is 12.0. The Balaban J connectivity index is 0.00000180. The van der Waals surface area contributed by atoms with Gasteiger partial charge in [-0.2, -0.15) is 0 Å². The zero-order valence-electron chi connectivity index (χ0n) is 11.2. The maximum atomic E-state index is 11.5. The molecule has 0 unspecified atom stereocenters. The van der Waals surface area contributed by atoms with Crippen molar-refractivity contribution in [1.82, 2.24) is 0 Å². The van der Waals surface area contributed by atoms with Crippen molar-refractivity contribution in [3.05, 3.63) is 42.0 Å². The number of hydrogen-bond donors (Lipinski definition) is 0. The van der Waals surface area contributed by atoms with Crippen molar-refractivity contribution < 1.29 is 31.8 Å². The molecule has 2 aromatic carbocycles. The van der Waals surface area contributed by atoms with E-state index in [0.29, 0.717) is 17.4 Å². The number of unbranched alkanes of at least 4 members (excludes halogenated alkanes) is 1. The summed E-state index contributed by atoms with van der Waals surface area (Å²) in [5.74, 6) is 0. The van der Waals surface area contributed by atoms with E-state index >= 15 is 0 Å². The Morgan fingerprint density at radius 1 is 1.11 bits per heavy atom. The first-order valence-corrected chi connectivity index (χ1v) is 7.41. The number of fused-ring (bicyclic) bond motifs is 1. The van der Waals surface area contributed by atoms with Gasteiger partial charge >= 0.3 is 18.9 Å². The fourth-order valence-corrected chi connectivity index (χ4v) is 3.09. The van der Waals surface area contributed by atoms with Crippen molar-refractivity contribution >= 4 is 20.9 Å². The van der Waals surface area contributed by atoms with Crippen LogP contribution in [0.1, 0.15) is 25.3 Å². The van der Waals surface area contributed by atoms with Gasteiger partial charge in [0.2, 0.25) is 0 Å². The summed E-state index contributed by atoms with van der Waals surface area (Å²) in [6, 6.07) is 10.7. The molecule has 3 nitrogen and oxygen atoms in total. The molecule has 0 aliphatic carbocycles. The van der Waals surface area contributed by atoms with E-state index in [1.807, 2.05) is 25.1 Å². The second kappa shape index (κ2) is 6.58. The molecular weight excluding hydrogens is 255 g/mol. The van der Waals surface area contributed by atoms with Crippen molar-refractivity contribution in [1.29, 1.82) is 0 Å². The summed E-state index contributed by atoms with van der Waals surface area (Å²) in [4.78, 5) is -0.0472. The molecule has 0 saturated heterocycles. The minimum absolute atomic E-state index is 0. The molecule has 0 atom stereocenters. The van der Waals surface area contributed by atoms with Crippen LogP contribution in [0.5, 0.6) is 0 Å². The molecule has 0 amide bonds. The van der Waals surface area contributed by atoms with Gasteiger partial charge < -0.3 is 4.55 Å². The summed E-state index contributed by atoms with van der Waals surface area (Å²) in [5, 5.41) is 1.31. The molecule has 0 radical (unpaired) electrons. The molecule has 0 aromatic heterocycles. The third-order valence-corrected chi connectivity index (χ3v) is 3.99. The van der Waals surface area contributed by atoms with Gasteiger partial charge in [0.25, 0.3) is 0 Å². The van der Waals surface area contributed by atoms with Gasteiger partial charge in [0.05, 0.1) is 4.90 Å². The number of aryl methyl sites for hydroxylation is 1. The summed E-state index contributed by atoms with van der Waals surface area (Å²) in [7, 11) is -4.44. The van der Waals surface area contributed by atoms with E-state index in [4.69, 9.17) is 0 Å². The minimum atomic E-state index is -4.44. The van der Waals surface area contributed by atoms with Gasteiger partial charge in [0.15, 0.2) is 0 Å². The molecule has 2 aromatic rings. The van der Waals surface area contributed by atoms with Gasteiger partial charge in [-0.1, -0.05) is 49.7 Å². The zero-order chi connectivity index (χ0) is 13.2. The molecule has 0 heterocycles. The van der Waals surface area contributed by atoms with Crippen LogP contribution in [0, 0.1) is 0 Å². The van der Waals surface area contributed by atoms with E-state index in [1.54, 1.807) is 18.2 Å². The van der Waals surface area contributed by atoms with Gasteiger partial charge in [-0.25, -0.2) is 8.42 Å². The first kappa shape index (κ1) is 16.3. The van der Waals surface area contributed by atoms with Gasteiger partial charge in [0.1, 0.15) is 10.1 Å². The van der Waals surface area contributed by atoms with Gasteiger partial charge in [0, 0.05) is 0 Å². The summed E-state index contributed by atoms with van der Waals surface area (Å²) < 4.78 is 34.4. The minimum Gasteiger partial charge on any atom is -0.744 e. The predicted molar refractivity (Wildman–Crippen MR) is 70.5 cm³/mol. The Kier molecular flexibility index (Phi) is 5.63. The van der Waals surface area contributed by atoms with Crippen molar-refractivity contribution in [2.75, 3.05) is 0 Å². The summed E-state index contributed by atoms with van der Waals surface area (Å²) in [6.07, 6.45) is 2.46. The van der Waals surface area contributed by atoms with Gasteiger partial charge in [-0.05, 0) is 29.2 Å². The molecule has 0 aliphatic heterocycles.